The Kier molecular flexibility index (Phi) is 4.15. The van der Waals surface area contributed by atoms with Crippen LogP contribution >= 0.6 is 0 Å². The Hall–Kier alpha value is -1.16. The van der Waals surface area contributed by atoms with Gasteiger partial charge in [0.1, 0.15) is 11.7 Å². The van der Waals surface area contributed by atoms with Gasteiger partial charge in [-0.15, -0.1) is 0 Å². The number of ether oxygens (including phenoxy) is 1. The van der Waals surface area contributed by atoms with E-state index in [0.29, 0.717) is 30.6 Å². The highest BCUT2D eigenvalue weighted by atomic mass is 16.5. The summed E-state index contributed by atoms with van der Waals surface area (Å²) < 4.78 is 5.26. The Balaban J connectivity index is 1.64. The summed E-state index contributed by atoms with van der Waals surface area (Å²) in [6.45, 7) is 6.72. The largest absolute Gasteiger partial charge is 0.464 e. The Bertz CT molecular complexity index is 655. The van der Waals surface area contributed by atoms with E-state index in [2.05, 4.69) is 19.9 Å². The van der Waals surface area contributed by atoms with Gasteiger partial charge in [-0.3, -0.25) is 9.59 Å². The molecular formula is C22H32O4. The van der Waals surface area contributed by atoms with Crippen LogP contribution in [-0.4, -0.2) is 29.1 Å². The number of carbonyl (C=O) groups is 2. The van der Waals surface area contributed by atoms with Crippen molar-refractivity contribution in [2.75, 3.05) is 0 Å². The van der Waals surface area contributed by atoms with E-state index < -0.39 is 5.60 Å². The van der Waals surface area contributed by atoms with Crippen LogP contribution in [0.5, 0.6) is 0 Å². The summed E-state index contributed by atoms with van der Waals surface area (Å²) in [5.41, 5.74) is 0.243. The summed E-state index contributed by atoms with van der Waals surface area (Å²) in [4.78, 5) is 23.0. The normalized spacial score (nSPS) is 50.1. The van der Waals surface area contributed by atoms with Crippen molar-refractivity contribution in [1.82, 2.24) is 0 Å². The summed E-state index contributed by atoms with van der Waals surface area (Å²) >= 11 is 0. The molecule has 4 nitrogen and oxygen atoms in total. The minimum Gasteiger partial charge on any atom is -0.464 e. The van der Waals surface area contributed by atoms with Gasteiger partial charge in [-0.1, -0.05) is 25.5 Å². The van der Waals surface area contributed by atoms with E-state index in [1.165, 1.54) is 5.57 Å². The first-order valence-corrected chi connectivity index (χ1v) is 10.3. The highest BCUT2D eigenvalue weighted by molar-refractivity contribution is 5.86. The first-order chi connectivity index (χ1) is 12.3. The van der Waals surface area contributed by atoms with E-state index >= 15 is 0 Å². The van der Waals surface area contributed by atoms with E-state index in [0.717, 1.165) is 44.9 Å². The Labute approximate surface area is 156 Å². The maximum atomic E-state index is 12.3. The third-order valence-electron chi connectivity index (χ3n) is 9.04. The molecule has 0 spiro atoms. The molecule has 0 saturated heterocycles. The number of allylic oxidation sites excluding steroid dienone is 1. The zero-order valence-electron chi connectivity index (χ0n) is 16.3. The van der Waals surface area contributed by atoms with E-state index in [9.17, 15) is 14.7 Å². The zero-order valence-corrected chi connectivity index (χ0v) is 16.3. The molecule has 1 N–H and O–H groups in total. The minimum absolute atomic E-state index is 0.0338. The summed E-state index contributed by atoms with van der Waals surface area (Å²) in [5, 5.41) is 11.2. The van der Waals surface area contributed by atoms with Crippen molar-refractivity contribution >= 4 is 12.3 Å². The lowest BCUT2D eigenvalue weighted by molar-refractivity contribution is -0.159. The van der Waals surface area contributed by atoms with Crippen LogP contribution in [0.4, 0.5) is 0 Å². The second kappa shape index (κ2) is 5.92. The molecule has 4 heteroatoms. The molecule has 0 amide bonds. The molecule has 0 aromatic carbocycles. The molecule has 0 heterocycles. The SMILES string of the molecule is CC(=O)[C@@]1(O)CCC2[C@@H]3CC=C4C[C@@H](OC=O)CC[C@]4(C)C3CC[C@@]21C. The van der Waals surface area contributed by atoms with Gasteiger partial charge < -0.3 is 9.84 Å². The third kappa shape index (κ3) is 2.23. The Morgan fingerprint density at radius 3 is 2.62 bits per heavy atom. The molecule has 0 aromatic heterocycles. The Morgan fingerprint density at radius 1 is 1.19 bits per heavy atom. The number of rotatable bonds is 3. The van der Waals surface area contributed by atoms with Crippen LogP contribution in [-0.2, 0) is 14.3 Å². The highest BCUT2D eigenvalue weighted by Gasteiger charge is 2.65. The monoisotopic (exact) mass is 360 g/mol. The molecule has 0 aromatic rings. The molecule has 7 atom stereocenters. The van der Waals surface area contributed by atoms with Crippen LogP contribution < -0.4 is 0 Å². The van der Waals surface area contributed by atoms with Crippen molar-refractivity contribution in [3.63, 3.8) is 0 Å². The van der Waals surface area contributed by atoms with Crippen molar-refractivity contribution in [2.45, 2.75) is 83.8 Å². The number of hydrogen-bond donors (Lipinski definition) is 1. The topological polar surface area (TPSA) is 63.6 Å². The first kappa shape index (κ1) is 18.2. The standard InChI is InChI=1S/C22H32O4/c1-14(24)22(25)11-8-19-17-5-4-15-12-16(26-13-23)6-9-20(15,2)18(17)7-10-21(19,22)3/h4,13,16-19,25H,5-12H2,1-3H3/t16-,17+,18?,19?,20-,21-,22-/m0/s1. The van der Waals surface area contributed by atoms with Crippen LogP contribution in [0.2, 0.25) is 0 Å². The van der Waals surface area contributed by atoms with E-state index in [1.54, 1.807) is 6.92 Å². The molecule has 144 valence electrons. The van der Waals surface area contributed by atoms with Gasteiger partial charge in [0, 0.05) is 11.8 Å². The average molecular weight is 360 g/mol. The van der Waals surface area contributed by atoms with Gasteiger partial charge in [0.2, 0.25) is 0 Å². The molecule has 0 bridgehead atoms. The summed E-state index contributed by atoms with van der Waals surface area (Å²) in [7, 11) is 0. The maximum Gasteiger partial charge on any atom is 0.293 e. The van der Waals surface area contributed by atoms with Crippen LogP contribution in [0.25, 0.3) is 0 Å². The lowest BCUT2D eigenvalue weighted by Crippen LogP contribution is -2.57. The fraction of sp³-hybridized carbons (Fsp3) is 0.818. The van der Waals surface area contributed by atoms with Gasteiger partial charge in [-0.05, 0) is 75.0 Å². The molecular weight excluding hydrogens is 328 g/mol. The van der Waals surface area contributed by atoms with Crippen molar-refractivity contribution in [3.8, 4) is 0 Å². The molecule has 3 saturated carbocycles. The van der Waals surface area contributed by atoms with Crippen molar-refractivity contribution < 1.29 is 19.4 Å². The number of Topliss-reactive ketones (excluding diaryl/α,β-unsaturated/α-hetero) is 1. The maximum absolute atomic E-state index is 12.3. The molecule has 26 heavy (non-hydrogen) atoms. The molecule has 4 aliphatic carbocycles. The predicted molar refractivity (Wildman–Crippen MR) is 98.3 cm³/mol. The summed E-state index contributed by atoms with van der Waals surface area (Å²) in [6.07, 6.45) is 9.96. The van der Waals surface area contributed by atoms with Crippen molar-refractivity contribution in [1.29, 1.82) is 0 Å². The third-order valence-corrected chi connectivity index (χ3v) is 9.04. The molecule has 3 fully saturated rings. The van der Waals surface area contributed by atoms with Gasteiger partial charge in [-0.2, -0.15) is 0 Å². The zero-order chi connectivity index (χ0) is 18.7. The second-order valence-electron chi connectivity index (χ2n) is 9.77. The van der Waals surface area contributed by atoms with E-state index in [1.807, 2.05) is 0 Å². The number of hydrogen-bond acceptors (Lipinski definition) is 4. The molecule has 4 aliphatic rings. The lowest BCUT2D eigenvalue weighted by Gasteiger charge is -2.58. The summed E-state index contributed by atoms with van der Waals surface area (Å²) in [6, 6.07) is 0. The smallest absolute Gasteiger partial charge is 0.293 e. The Morgan fingerprint density at radius 2 is 1.92 bits per heavy atom. The average Bonchev–Trinajstić information content (AvgIpc) is 2.88. The number of fused-ring (bicyclic) bond motifs is 5. The minimum atomic E-state index is -1.14. The lowest BCUT2D eigenvalue weighted by atomic mass is 9.47. The van der Waals surface area contributed by atoms with Crippen LogP contribution in [0.1, 0.15) is 72.1 Å². The van der Waals surface area contributed by atoms with Crippen molar-refractivity contribution in [2.24, 2.45) is 28.6 Å². The van der Waals surface area contributed by atoms with E-state index in [4.69, 9.17) is 4.74 Å². The summed E-state index contributed by atoms with van der Waals surface area (Å²) in [5.74, 6) is 1.55. The number of ketones is 1. The fourth-order valence-electron chi connectivity index (χ4n) is 7.42. The van der Waals surface area contributed by atoms with Gasteiger partial charge in [0.15, 0.2) is 5.78 Å². The number of aliphatic hydroxyl groups is 1. The fourth-order valence-corrected chi connectivity index (χ4v) is 7.42. The van der Waals surface area contributed by atoms with Crippen LogP contribution in [0.15, 0.2) is 11.6 Å². The second-order valence-corrected chi connectivity index (χ2v) is 9.77. The predicted octanol–water partition coefficient (Wildman–Crippen LogP) is 3.81. The number of carbonyl (C=O) groups excluding carboxylic acids is 2. The van der Waals surface area contributed by atoms with Gasteiger partial charge in [-0.25, -0.2) is 0 Å². The van der Waals surface area contributed by atoms with Crippen LogP contribution in [0, 0.1) is 28.6 Å². The molecule has 0 radical (unpaired) electrons. The van der Waals surface area contributed by atoms with Crippen molar-refractivity contribution in [3.05, 3.63) is 11.6 Å². The molecule has 0 aliphatic heterocycles. The van der Waals surface area contributed by atoms with Crippen LogP contribution in [0.3, 0.4) is 0 Å². The van der Waals surface area contributed by atoms with Gasteiger partial charge >= 0.3 is 0 Å². The molecule has 4 rings (SSSR count). The quantitative estimate of drug-likeness (QED) is 0.614. The van der Waals surface area contributed by atoms with E-state index in [-0.39, 0.29) is 22.7 Å². The molecule has 2 unspecified atom stereocenters. The van der Waals surface area contributed by atoms with Gasteiger partial charge in [0.25, 0.3) is 6.47 Å². The first-order valence-electron chi connectivity index (χ1n) is 10.3. The highest BCUT2D eigenvalue weighted by Crippen LogP contribution is 2.67. The van der Waals surface area contributed by atoms with Gasteiger partial charge in [0.05, 0.1) is 0 Å².